The van der Waals surface area contributed by atoms with Gasteiger partial charge in [0.25, 0.3) is 0 Å². The highest BCUT2D eigenvalue weighted by molar-refractivity contribution is 5.55. The summed E-state index contributed by atoms with van der Waals surface area (Å²) in [4.78, 5) is 4.15. The lowest BCUT2D eigenvalue weighted by molar-refractivity contribution is 0.271. The molecule has 0 aliphatic carbocycles. The van der Waals surface area contributed by atoms with Gasteiger partial charge in [-0.3, -0.25) is 4.68 Å². The van der Waals surface area contributed by atoms with Crippen molar-refractivity contribution in [3.05, 3.63) is 35.6 Å². The topological polar surface area (TPSA) is 109 Å². The van der Waals surface area contributed by atoms with Crippen molar-refractivity contribution >= 4 is 5.65 Å². The molecule has 0 fully saturated rings. The quantitative estimate of drug-likeness (QED) is 0.535. The zero-order chi connectivity index (χ0) is 17.4. The van der Waals surface area contributed by atoms with Gasteiger partial charge in [0.1, 0.15) is 18.7 Å². The van der Waals surface area contributed by atoms with Gasteiger partial charge in [0.15, 0.2) is 17.2 Å². The molecule has 0 radical (unpaired) electrons. The van der Waals surface area contributed by atoms with E-state index in [4.69, 9.17) is 9.26 Å². The van der Waals surface area contributed by atoms with Crippen molar-refractivity contribution in [2.24, 2.45) is 7.05 Å². The summed E-state index contributed by atoms with van der Waals surface area (Å²) in [5.41, 5.74) is 2.13. The van der Waals surface area contributed by atoms with E-state index in [-0.39, 0.29) is 6.61 Å². The Labute approximate surface area is 142 Å². The van der Waals surface area contributed by atoms with Crippen LogP contribution < -0.4 is 4.74 Å². The molecule has 0 bridgehead atoms. The van der Waals surface area contributed by atoms with Gasteiger partial charge < -0.3 is 9.26 Å². The summed E-state index contributed by atoms with van der Waals surface area (Å²) in [5, 5.41) is 20.9. The number of fused-ring (bicyclic) bond motifs is 1. The fourth-order valence-electron chi connectivity index (χ4n) is 2.44. The smallest absolute Gasteiger partial charge is 0.235 e. The van der Waals surface area contributed by atoms with Gasteiger partial charge in [0.2, 0.25) is 11.7 Å². The van der Waals surface area contributed by atoms with Crippen LogP contribution in [0, 0.1) is 6.92 Å². The second-order valence-electron chi connectivity index (χ2n) is 5.53. The Balaban J connectivity index is 1.73. The summed E-state index contributed by atoms with van der Waals surface area (Å²) in [6, 6.07) is 3.69. The number of hydrogen-bond acceptors (Lipinski definition) is 8. The van der Waals surface area contributed by atoms with Crippen molar-refractivity contribution in [1.82, 2.24) is 39.7 Å². The van der Waals surface area contributed by atoms with Crippen molar-refractivity contribution < 1.29 is 9.26 Å². The summed E-state index contributed by atoms with van der Waals surface area (Å²) >= 11 is 0. The van der Waals surface area contributed by atoms with Crippen LogP contribution in [-0.2, 0) is 20.1 Å². The standard InChI is InChI=1S/C15H16N8O2/c1-4-10-6-12-18-19-14(11-5-9(2)25-21-11)23(12)20-15(10)24-7-13-16-8-17-22(13)3/h5-6,8H,4,7H2,1-3H3. The third kappa shape index (κ3) is 2.71. The Morgan fingerprint density at radius 1 is 1.24 bits per heavy atom. The monoisotopic (exact) mass is 340 g/mol. The van der Waals surface area contributed by atoms with E-state index in [2.05, 4.69) is 30.5 Å². The predicted octanol–water partition coefficient (Wildman–Crippen LogP) is 1.36. The van der Waals surface area contributed by atoms with Gasteiger partial charge in [-0.15, -0.1) is 15.3 Å². The van der Waals surface area contributed by atoms with Crippen molar-refractivity contribution in [3.63, 3.8) is 0 Å². The number of rotatable bonds is 5. The Bertz CT molecular complexity index is 1030. The molecule has 4 aromatic rings. The molecule has 0 N–H and O–H groups in total. The van der Waals surface area contributed by atoms with E-state index >= 15 is 0 Å². The van der Waals surface area contributed by atoms with Crippen LogP contribution in [0.15, 0.2) is 23.0 Å². The molecule has 10 heteroatoms. The molecule has 0 spiro atoms. The Kier molecular flexibility index (Phi) is 3.64. The molecule has 4 aromatic heterocycles. The van der Waals surface area contributed by atoms with E-state index in [0.29, 0.717) is 34.6 Å². The molecule has 0 saturated carbocycles. The van der Waals surface area contributed by atoms with E-state index in [1.165, 1.54) is 6.33 Å². The third-order valence-electron chi connectivity index (χ3n) is 3.81. The van der Waals surface area contributed by atoms with Crippen LogP contribution in [0.4, 0.5) is 0 Å². The molecular formula is C15H16N8O2. The van der Waals surface area contributed by atoms with E-state index < -0.39 is 0 Å². The maximum Gasteiger partial charge on any atom is 0.235 e. The molecule has 0 atom stereocenters. The normalized spacial score (nSPS) is 11.3. The van der Waals surface area contributed by atoms with Crippen LogP contribution in [0.5, 0.6) is 5.88 Å². The highest BCUT2D eigenvalue weighted by atomic mass is 16.5. The largest absolute Gasteiger partial charge is 0.468 e. The molecule has 0 aliphatic heterocycles. The maximum absolute atomic E-state index is 5.87. The molecule has 10 nitrogen and oxygen atoms in total. The van der Waals surface area contributed by atoms with Crippen LogP contribution in [0.3, 0.4) is 0 Å². The fraction of sp³-hybridized carbons (Fsp3) is 0.333. The van der Waals surface area contributed by atoms with Crippen LogP contribution in [0.2, 0.25) is 0 Å². The zero-order valence-corrected chi connectivity index (χ0v) is 14.0. The minimum atomic E-state index is 0.266. The van der Waals surface area contributed by atoms with Gasteiger partial charge in [-0.1, -0.05) is 12.1 Å². The molecule has 0 unspecified atom stereocenters. The Morgan fingerprint density at radius 2 is 2.12 bits per heavy atom. The Morgan fingerprint density at radius 3 is 2.80 bits per heavy atom. The summed E-state index contributed by atoms with van der Waals surface area (Å²) < 4.78 is 14.2. The maximum atomic E-state index is 5.87. The van der Waals surface area contributed by atoms with Crippen LogP contribution >= 0.6 is 0 Å². The lowest BCUT2D eigenvalue weighted by atomic mass is 10.2. The molecule has 0 saturated heterocycles. The molecule has 0 aliphatic rings. The number of aryl methyl sites for hydroxylation is 3. The second kappa shape index (κ2) is 5.96. The number of aromatic nitrogens is 8. The lowest BCUT2D eigenvalue weighted by Gasteiger charge is -2.09. The van der Waals surface area contributed by atoms with Crippen LogP contribution in [0.1, 0.15) is 24.1 Å². The van der Waals surface area contributed by atoms with Crippen LogP contribution in [0.25, 0.3) is 17.2 Å². The molecular weight excluding hydrogens is 324 g/mol. The van der Waals surface area contributed by atoms with E-state index in [0.717, 1.165) is 12.0 Å². The SMILES string of the molecule is CCc1cc2nnc(-c3cc(C)on3)n2nc1OCc1ncnn1C. The first-order valence-corrected chi connectivity index (χ1v) is 7.80. The van der Waals surface area contributed by atoms with Gasteiger partial charge in [0.05, 0.1) is 0 Å². The molecule has 0 aromatic carbocycles. The van der Waals surface area contributed by atoms with Gasteiger partial charge >= 0.3 is 0 Å². The predicted molar refractivity (Wildman–Crippen MR) is 85.7 cm³/mol. The first kappa shape index (κ1) is 15.2. The number of hydrogen-bond donors (Lipinski definition) is 0. The molecule has 0 amide bonds. The molecule has 128 valence electrons. The number of ether oxygens (including phenoxy) is 1. The number of nitrogens with zero attached hydrogens (tertiary/aromatic N) is 8. The minimum Gasteiger partial charge on any atom is -0.468 e. The third-order valence-corrected chi connectivity index (χ3v) is 3.81. The average Bonchev–Trinajstić information content (AvgIpc) is 3.31. The van der Waals surface area contributed by atoms with Gasteiger partial charge in [0, 0.05) is 18.7 Å². The summed E-state index contributed by atoms with van der Waals surface area (Å²) in [7, 11) is 1.81. The summed E-state index contributed by atoms with van der Waals surface area (Å²) in [5.74, 6) is 2.40. The lowest BCUT2D eigenvalue weighted by Crippen LogP contribution is -2.08. The summed E-state index contributed by atoms with van der Waals surface area (Å²) in [6.45, 7) is 4.11. The van der Waals surface area contributed by atoms with Crippen LogP contribution in [-0.4, -0.2) is 39.7 Å². The highest BCUT2D eigenvalue weighted by Crippen LogP contribution is 2.22. The van der Waals surface area contributed by atoms with Gasteiger partial charge in [-0.25, -0.2) is 4.98 Å². The van der Waals surface area contributed by atoms with Crippen molar-refractivity contribution in [2.75, 3.05) is 0 Å². The minimum absolute atomic E-state index is 0.266. The average molecular weight is 340 g/mol. The van der Waals surface area contributed by atoms with Gasteiger partial charge in [-0.05, 0) is 19.4 Å². The van der Waals surface area contributed by atoms with E-state index in [1.54, 1.807) is 15.3 Å². The van der Waals surface area contributed by atoms with Gasteiger partial charge in [-0.2, -0.15) is 9.61 Å². The van der Waals surface area contributed by atoms with Crippen molar-refractivity contribution in [1.29, 1.82) is 0 Å². The van der Waals surface area contributed by atoms with E-state index in [1.807, 2.05) is 27.0 Å². The fourth-order valence-corrected chi connectivity index (χ4v) is 2.44. The zero-order valence-electron chi connectivity index (χ0n) is 14.0. The molecule has 4 heterocycles. The molecule has 25 heavy (non-hydrogen) atoms. The van der Waals surface area contributed by atoms with Crippen molar-refractivity contribution in [3.8, 4) is 17.4 Å². The first-order valence-electron chi connectivity index (χ1n) is 7.80. The Hall–Kier alpha value is -3.30. The first-order chi connectivity index (χ1) is 12.2. The highest BCUT2D eigenvalue weighted by Gasteiger charge is 2.17. The van der Waals surface area contributed by atoms with E-state index in [9.17, 15) is 0 Å². The second-order valence-corrected chi connectivity index (χ2v) is 5.53. The van der Waals surface area contributed by atoms with Crippen molar-refractivity contribution in [2.45, 2.75) is 26.9 Å². The summed E-state index contributed by atoms with van der Waals surface area (Å²) in [6.07, 6.45) is 2.24. The molecule has 4 rings (SSSR count).